The molecule has 2 aromatic carbocycles. The minimum absolute atomic E-state index is 0.419. The van der Waals surface area contributed by atoms with Gasteiger partial charge in [-0.05, 0) is 42.0 Å². The Morgan fingerprint density at radius 2 is 1.76 bits per heavy atom. The lowest BCUT2D eigenvalue weighted by Gasteiger charge is -2.12. The zero-order valence-corrected chi connectivity index (χ0v) is 12.5. The van der Waals surface area contributed by atoms with Crippen molar-refractivity contribution in [1.82, 2.24) is 14.8 Å². The summed E-state index contributed by atoms with van der Waals surface area (Å²) in [5.74, 6) is 0.438. The second-order valence-corrected chi connectivity index (χ2v) is 5.34. The highest BCUT2D eigenvalue weighted by Crippen LogP contribution is 2.23. The summed E-state index contributed by atoms with van der Waals surface area (Å²) in [7, 11) is 0. The van der Waals surface area contributed by atoms with E-state index in [0.29, 0.717) is 15.6 Å². The number of aromatic amines is 1. The van der Waals surface area contributed by atoms with Gasteiger partial charge in [0.1, 0.15) is 6.10 Å². The molecule has 1 aromatic heterocycles. The Balaban J connectivity index is 2.09. The number of aromatic nitrogens is 3. The number of H-pyrrole nitrogens is 1. The second-order valence-electron chi connectivity index (χ2n) is 4.51. The van der Waals surface area contributed by atoms with Crippen LogP contribution in [0, 0.1) is 4.77 Å². The Kier molecular flexibility index (Phi) is 3.88. The van der Waals surface area contributed by atoms with Gasteiger partial charge in [0.05, 0.1) is 0 Å². The predicted octanol–water partition coefficient (Wildman–Crippen LogP) is 3.66. The van der Waals surface area contributed by atoms with Crippen LogP contribution in [0.3, 0.4) is 0 Å². The van der Waals surface area contributed by atoms with Crippen molar-refractivity contribution >= 4 is 23.8 Å². The number of hydrogen-bond donors (Lipinski definition) is 2. The van der Waals surface area contributed by atoms with E-state index in [-0.39, 0.29) is 0 Å². The molecule has 0 radical (unpaired) electrons. The highest BCUT2D eigenvalue weighted by atomic mass is 35.5. The van der Waals surface area contributed by atoms with E-state index in [1.807, 2.05) is 42.5 Å². The van der Waals surface area contributed by atoms with Crippen molar-refractivity contribution in [2.75, 3.05) is 0 Å². The molecule has 0 aliphatic rings. The van der Waals surface area contributed by atoms with Crippen LogP contribution in [0.5, 0.6) is 0 Å². The van der Waals surface area contributed by atoms with Crippen molar-refractivity contribution in [3.63, 3.8) is 0 Å². The number of benzene rings is 2. The Hall–Kier alpha value is -1.95. The molecule has 4 nitrogen and oxygen atoms in total. The summed E-state index contributed by atoms with van der Waals surface area (Å²) in [6.45, 7) is 0. The van der Waals surface area contributed by atoms with Crippen LogP contribution < -0.4 is 0 Å². The van der Waals surface area contributed by atoms with Crippen molar-refractivity contribution in [3.05, 3.63) is 75.8 Å². The summed E-state index contributed by atoms with van der Waals surface area (Å²) >= 11 is 11.2. The van der Waals surface area contributed by atoms with E-state index in [0.717, 1.165) is 11.3 Å². The topological polar surface area (TPSA) is 53.8 Å². The van der Waals surface area contributed by atoms with Gasteiger partial charge < -0.3 is 5.11 Å². The molecule has 3 aromatic rings. The van der Waals surface area contributed by atoms with E-state index < -0.39 is 6.10 Å². The molecule has 0 fully saturated rings. The fourth-order valence-corrected chi connectivity index (χ4v) is 2.49. The molecule has 0 aliphatic carbocycles. The second kappa shape index (κ2) is 5.81. The molecule has 1 atom stereocenters. The normalized spacial score (nSPS) is 12.3. The molecule has 106 valence electrons. The van der Waals surface area contributed by atoms with Crippen LogP contribution in [0.25, 0.3) is 5.69 Å². The molecule has 0 saturated heterocycles. The quantitative estimate of drug-likeness (QED) is 0.725. The maximum absolute atomic E-state index is 10.5. The number of nitrogens with one attached hydrogen (secondary N) is 1. The van der Waals surface area contributed by atoms with E-state index in [2.05, 4.69) is 10.2 Å². The summed E-state index contributed by atoms with van der Waals surface area (Å²) in [4.78, 5) is 0. The van der Waals surface area contributed by atoms with Crippen LogP contribution in [0.15, 0.2) is 54.6 Å². The number of nitrogens with zero attached hydrogens (tertiary/aromatic N) is 2. The largest absolute Gasteiger partial charge is 0.380 e. The number of aliphatic hydroxyl groups is 1. The van der Waals surface area contributed by atoms with Crippen LogP contribution in [0.4, 0.5) is 0 Å². The van der Waals surface area contributed by atoms with Crippen LogP contribution in [0.1, 0.15) is 17.5 Å². The molecule has 0 amide bonds. The van der Waals surface area contributed by atoms with Gasteiger partial charge in [0.15, 0.2) is 10.6 Å². The smallest absolute Gasteiger partial charge is 0.199 e. The van der Waals surface area contributed by atoms with Crippen LogP contribution in [0.2, 0.25) is 5.02 Å². The fourth-order valence-electron chi connectivity index (χ4n) is 2.12. The van der Waals surface area contributed by atoms with Gasteiger partial charge in [0.2, 0.25) is 0 Å². The summed E-state index contributed by atoms with van der Waals surface area (Å²) in [6, 6.07) is 16.5. The lowest BCUT2D eigenvalue weighted by molar-refractivity contribution is 0.207. The third kappa shape index (κ3) is 2.76. The molecular weight excluding hydrogens is 306 g/mol. The van der Waals surface area contributed by atoms with Gasteiger partial charge in [0.25, 0.3) is 0 Å². The van der Waals surface area contributed by atoms with Crippen LogP contribution in [-0.2, 0) is 0 Å². The SMILES string of the molecule is OC(c1ccccc1)c1n[nH]c(=S)n1-c1ccc(Cl)cc1. The van der Waals surface area contributed by atoms with Crippen molar-refractivity contribution < 1.29 is 5.11 Å². The molecular formula is C15H12ClN3OS. The van der Waals surface area contributed by atoms with Crippen LogP contribution >= 0.6 is 23.8 Å². The van der Waals surface area contributed by atoms with Crippen molar-refractivity contribution in [2.24, 2.45) is 0 Å². The Morgan fingerprint density at radius 1 is 1.10 bits per heavy atom. The maximum atomic E-state index is 10.5. The zero-order valence-electron chi connectivity index (χ0n) is 10.9. The minimum Gasteiger partial charge on any atom is -0.380 e. The highest BCUT2D eigenvalue weighted by Gasteiger charge is 2.18. The summed E-state index contributed by atoms with van der Waals surface area (Å²) in [5.41, 5.74) is 1.55. The first-order valence-electron chi connectivity index (χ1n) is 6.33. The number of hydrogen-bond acceptors (Lipinski definition) is 3. The average Bonchev–Trinajstić information content (AvgIpc) is 2.90. The summed E-state index contributed by atoms with van der Waals surface area (Å²) in [6.07, 6.45) is -0.866. The average molecular weight is 318 g/mol. The molecule has 1 heterocycles. The van der Waals surface area contributed by atoms with E-state index in [4.69, 9.17) is 23.8 Å². The van der Waals surface area contributed by atoms with Gasteiger partial charge >= 0.3 is 0 Å². The Morgan fingerprint density at radius 3 is 2.43 bits per heavy atom. The van der Waals surface area contributed by atoms with Gasteiger partial charge in [-0.3, -0.25) is 9.67 Å². The lowest BCUT2D eigenvalue weighted by Crippen LogP contribution is -2.08. The standard InChI is InChI=1S/C15H12ClN3OS/c16-11-6-8-12(9-7-11)19-14(17-18-15(19)21)13(20)10-4-2-1-3-5-10/h1-9,13,20H,(H,18,21). The molecule has 0 saturated carbocycles. The van der Waals surface area contributed by atoms with Gasteiger partial charge in [0, 0.05) is 10.7 Å². The van der Waals surface area contributed by atoms with E-state index in [9.17, 15) is 5.11 Å². The Labute approximate surface area is 131 Å². The van der Waals surface area contributed by atoms with Gasteiger partial charge in [-0.1, -0.05) is 41.9 Å². The molecule has 0 bridgehead atoms. The number of aliphatic hydroxyl groups excluding tert-OH is 1. The minimum atomic E-state index is -0.866. The van der Waals surface area contributed by atoms with Gasteiger partial charge in [-0.2, -0.15) is 5.10 Å². The highest BCUT2D eigenvalue weighted by molar-refractivity contribution is 7.71. The molecule has 0 spiro atoms. The number of halogens is 1. The van der Waals surface area contributed by atoms with E-state index in [1.54, 1.807) is 16.7 Å². The summed E-state index contributed by atoms with van der Waals surface area (Å²) < 4.78 is 2.12. The fraction of sp³-hybridized carbons (Fsp3) is 0.0667. The maximum Gasteiger partial charge on any atom is 0.199 e. The van der Waals surface area contributed by atoms with Crippen LogP contribution in [-0.4, -0.2) is 19.9 Å². The first-order valence-corrected chi connectivity index (χ1v) is 7.11. The van der Waals surface area contributed by atoms with Crippen molar-refractivity contribution in [2.45, 2.75) is 6.10 Å². The molecule has 1 unspecified atom stereocenters. The van der Waals surface area contributed by atoms with Crippen molar-refractivity contribution in [1.29, 1.82) is 0 Å². The van der Waals surface area contributed by atoms with Gasteiger partial charge in [-0.25, -0.2) is 0 Å². The first kappa shape index (κ1) is 14.0. The number of rotatable bonds is 3. The lowest BCUT2D eigenvalue weighted by atomic mass is 10.1. The van der Waals surface area contributed by atoms with Crippen molar-refractivity contribution in [3.8, 4) is 5.69 Å². The molecule has 3 rings (SSSR count). The third-order valence-electron chi connectivity index (χ3n) is 3.14. The van der Waals surface area contributed by atoms with E-state index >= 15 is 0 Å². The molecule has 2 N–H and O–H groups in total. The monoisotopic (exact) mass is 317 g/mol. The summed E-state index contributed by atoms with van der Waals surface area (Å²) in [5, 5.41) is 18.0. The third-order valence-corrected chi connectivity index (χ3v) is 3.67. The Bertz CT molecular complexity index is 796. The van der Waals surface area contributed by atoms with E-state index in [1.165, 1.54) is 0 Å². The molecule has 21 heavy (non-hydrogen) atoms. The molecule has 6 heteroatoms. The first-order chi connectivity index (χ1) is 10.2. The van der Waals surface area contributed by atoms with Gasteiger partial charge in [-0.15, -0.1) is 0 Å². The molecule has 0 aliphatic heterocycles. The zero-order chi connectivity index (χ0) is 14.8. The predicted molar refractivity (Wildman–Crippen MR) is 84.3 cm³/mol.